The highest BCUT2D eigenvalue weighted by atomic mass is 16.5. The molecule has 0 aromatic heterocycles. The second-order valence-corrected chi connectivity index (χ2v) is 10.5. The first-order valence-corrected chi connectivity index (χ1v) is 12.9. The van der Waals surface area contributed by atoms with Gasteiger partial charge in [0.25, 0.3) is 5.91 Å². The summed E-state index contributed by atoms with van der Waals surface area (Å²) >= 11 is 0. The largest absolute Gasteiger partial charge is 0.489 e. The van der Waals surface area contributed by atoms with Gasteiger partial charge in [0, 0.05) is 37.7 Å². The number of nitrogens with zero attached hydrogens (tertiary/aromatic N) is 2. The molecule has 0 radical (unpaired) electrons. The van der Waals surface area contributed by atoms with E-state index in [2.05, 4.69) is 10.2 Å². The summed E-state index contributed by atoms with van der Waals surface area (Å²) in [5, 5.41) is 13.4. The van der Waals surface area contributed by atoms with Crippen molar-refractivity contribution in [1.29, 1.82) is 0 Å². The number of carbonyl (C=O) groups is 3. The molecular weight excluding hydrogens is 458 g/mol. The predicted molar refractivity (Wildman–Crippen MR) is 131 cm³/mol. The lowest BCUT2D eigenvalue weighted by molar-refractivity contribution is -0.141. The van der Waals surface area contributed by atoms with E-state index in [-0.39, 0.29) is 30.4 Å². The van der Waals surface area contributed by atoms with Gasteiger partial charge in [0.2, 0.25) is 11.8 Å². The molecule has 2 aromatic carbocycles. The van der Waals surface area contributed by atoms with E-state index in [1.54, 1.807) is 11.0 Å². The third kappa shape index (κ3) is 4.08. The van der Waals surface area contributed by atoms with Crippen molar-refractivity contribution in [2.24, 2.45) is 0 Å². The van der Waals surface area contributed by atoms with Crippen LogP contribution in [-0.2, 0) is 21.7 Å². The fourth-order valence-corrected chi connectivity index (χ4v) is 6.22. The van der Waals surface area contributed by atoms with E-state index in [1.807, 2.05) is 42.5 Å². The first-order valence-electron chi connectivity index (χ1n) is 12.9. The number of hydrogen-bond donors (Lipinski definition) is 2. The molecule has 2 aromatic rings. The Morgan fingerprint density at radius 2 is 1.75 bits per heavy atom. The zero-order valence-corrected chi connectivity index (χ0v) is 20.2. The summed E-state index contributed by atoms with van der Waals surface area (Å²) in [6.07, 6.45) is 4.83. The number of hydrogen-bond acceptors (Lipinski definition) is 6. The summed E-state index contributed by atoms with van der Waals surface area (Å²) in [5.74, 6) is -0.147. The van der Waals surface area contributed by atoms with Crippen LogP contribution < -0.4 is 10.1 Å². The van der Waals surface area contributed by atoms with Crippen molar-refractivity contribution in [3.05, 3.63) is 65.2 Å². The first-order chi connectivity index (χ1) is 17.4. The fourth-order valence-electron chi connectivity index (χ4n) is 6.22. The number of piperidine rings is 1. The number of amides is 3. The van der Waals surface area contributed by atoms with Crippen LogP contribution >= 0.6 is 0 Å². The summed E-state index contributed by atoms with van der Waals surface area (Å²) < 4.78 is 6.50. The molecule has 3 aliphatic heterocycles. The van der Waals surface area contributed by atoms with Crippen LogP contribution in [0.5, 0.6) is 5.75 Å². The van der Waals surface area contributed by atoms with Crippen molar-refractivity contribution < 1.29 is 24.2 Å². The lowest BCUT2D eigenvalue weighted by atomic mass is 9.81. The average molecular weight is 490 g/mol. The molecule has 3 amide bonds. The third-order valence-electron chi connectivity index (χ3n) is 8.16. The fraction of sp³-hybridized carbons (Fsp3) is 0.464. The molecule has 1 unspecified atom stereocenters. The Morgan fingerprint density at radius 1 is 0.972 bits per heavy atom. The lowest BCUT2D eigenvalue weighted by Crippen LogP contribution is -2.65. The number of carbonyl (C=O) groups excluding carboxylic acids is 3. The van der Waals surface area contributed by atoms with Crippen LogP contribution in [0.25, 0.3) is 0 Å². The van der Waals surface area contributed by atoms with Crippen molar-refractivity contribution >= 4 is 17.7 Å². The van der Waals surface area contributed by atoms with Crippen molar-refractivity contribution in [3.8, 4) is 5.75 Å². The zero-order valence-electron chi connectivity index (χ0n) is 20.2. The molecule has 188 valence electrons. The van der Waals surface area contributed by atoms with Gasteiger partial charge in [-0.3, -0.25) is 24.6 Å². The molecule has 0 spiro atoms. The summed E-state index contributed by atoms with van der Waals surface area (Å²) in [4.78, 5) is 40.7. The van der Waals surface area contributed by atoms with Gasteiger partial charge >= 0.3 is 0 Å². The minimum atomic E-state index is -0.809. The standard InChI is InChI=1S/C28H31N3O5/c32-25-13-12-23(26(33)29-25)31-15-18-14-20(10-11-21(18)27(31)34)36-24-9-5-4-8-22(24)30-16-28(35,17-30)19-6-2-1-3-7-19/h1-3,6-7,10-11,14,22-24,35H,4-5,8-9,12-13,15-17H2,(H,29,32,33)/t22-,23?,24+/m1/s1. The molecule has 8 heteroatoms. The summed E-state index contributed by atoms with van der Waals surface area (Å²) in [6, 6.07) is 15.0. The van der Waals surface area contributed by atoms with Crippen molar-refractivity contribution in [3.63, 3.8) is 0 Å². The van der Waals surface area contributed by atoms with Crippen molar-refractivity contribution in [2.75, 3.05) is 13.1 Å². The first kappa shape index (κ1) is 23.2. The quantitative estimate of drug-likeness (QED) is 0.626. The SMILES string of the molecule is O=C1CCC(N2Cc3cc(O[C@H]4CCCC[C@H]4N4CC(O)(c5ccccc5)C4)ccc3C2=O)C(=O)N1. The molecule has 3 fully saturated rings. The van der Waals surface area contributed by atoms with E-state index in [9.17, 15) is 19.5 Å². The van der Waals surface area contributed by atoms with Gasteiger partial charge in [-0.05, 0) is 55.0 Å². The maximum absolute atomic E-state index is 13.0. The second-order valence-electron chi connectivity index (χ2n) is 10.5. The predicted octanol–water partition coefficient (Wildman–Crippen LogP) is 2.34. The van der Waals surface area contributed by atoms with Crippen molar-refractivity contribution in [1.82, 2.24) is 15.1 Å². The maximum atomic E-state index is 13.0. The normalized spacial score (nSPS) is 27.9. The molecular formula is C28H31N3O5. The number of aliphatic hydroxyl groups is 1. The number of likely N-dealkylation sites (tertiary alicyclic amines) is 1. The number of ether oxygens (including phenoxy) is 1. The number of rotatable bonds is 5. The van der Waals surface area contributed by atoms with Gasteiger partial charge in [0.1, 0.15) is 23.5 Å². The van der Waals surface area contributed by atoms with Gasteiger partial charge in [-0.2, -0.15) is 0 Å². The highest BCUT2D eigenvalue weighted by molar-refractivity contribution is 6.05. The Hall–Kier alpha value is -3.23. The summed E-state index contributed by atoms with van der Waals surface area (Å²) in [5.41, 5.74) is 1.58. The second kappa shape index (κ2) is 9.01. The highest BCUT2D eigenvalue weighted by Crippen LogP contribution is 2.38. The Bertz CT molecular complexity index is 1190. The summed E-state index contributed by atoms with van der Waals surface area (Å²) in [7, 11) is 0. The van der Waals surface area contributed by atoms with E-state index in [4.69, 9.17) is 4.74 Å². The molecule has 2 saturated heterocycles. The monoisotopic (exact) mass is 489 g/mol. The van der Waals surface area contributed by atoms with E-state index in [0.717, 1.165) is 42.6 Å². The molecule has 0 bridgehead atoms. The van der Waals surface area contributed by atoms with Crippen LogP contribution in [0, 0.1) is 0 Å². The van der Waals surface area contributed by atoms with Crippen LogP contribution in [0.1, 0.15) is 60.0 Å². The van der Waals surface area contributed by atoms with Crippen molar-refractivity contribution in [2.45, 2.75) is 68.9 Å². The molecule has 1 saturated carbocycles. The van der Waals surface area contributed by atoms with E-state index >= 15 is 0 Å². The van der Waals surface area contributed by atoms with Gasteiger partial charge in [0.15, 0.2) is 0 Å². The van der Waals surface area contributed by atoms with Gasteiger partial charge < -0.3 is 14.7 Å². The van der Waals surface area contributed by atoms with E-state index in [0.29, 0.717) is 31.6 Å². The number of β-amino-alcohol motifs (C(OH)–C–C–N with tert-alkyl or cyclic N) is 1. The topological polar surface area (TPSA) is 99.2 Å². The van der Waals surface area contributed by atoms with Crippen LogP contribution in [-0.4, -0.2) is 63.9 Å². The smallest absolute Gasteiger partial charge is 0.255 e. The maximum Gasteiger partial charge on any atom is 0.255 e. The number of fused-ring (bicyclic) bond motifs is 1. The molecule has 1 aliphatic carbocycles. The van der Waals surface area contributed by atoms with Gasteiger partial charge in [-0.25, -0.2) is 0 Å². The van der Waals surface area contributed by atoms with E-state index in [1.165, 1.54) is 0 Å². The van der Waals surface area contributed by atoms with Gasteiger partial charge in [-0.15, -0.1) is 0 Å². The van der Waals surface area contributed by atoms with Gasteiger partial charge in [-0.1, -0.05) is 36.8 Å². The number of imide groups is 1. The minimum Gasteiger partial charge on any atom is -0.489 e. The van der Waals surface area contributed by atoms with Crippen LogP contribution in [0.4, 0.5) is 0 Å². The Balaban J connectivity index is 1.13. The van der Waals surface area contributed by atoms with E-state index < -0.39 is 17.6 Å². The molecule has 3 atom stereocenters. The molecule has 3 heterocycles. The Kier molecular flexibility index (Phi) is 5.80. The van der Waals surface area contributed by atoms with Gasteiger partial charge in [0.05, 0.1) is 0 Å². The molecule has 6 rings (SSSR count). The number of nitrogens with one attached hydrogen (secondary N) is 1. The van der Waals surface area contributed by atoms with Crippen LogP contribution in [0.15, 0.2) is 48.5 Å². The third-order valence-corrected chi connectivity index (χ3v) is 8.16. The minimum absolute atomic E-state index is 0.0143. The molecule has 4 aliphatic rings. The molecule has 36 heavy (non-hydrogen) atoms. The Morgan fingerprint density at radius 3 is 2.53 bits per heavy atom. The number of benzene rings is 2. The average Bonchev–Trinajstić information content (AvgIpc) is 3.18. The zero-order chi connectivity index (χ0) is 24.9. The van der Waals surface area contributed by atoms with Crippen LogP contribution in [0.3, 0.4) is 0 Å². The van der Waals surface area contributed by atoms with Crippen LogP contribution in [0.2, 0.25) is 0 Å². The molecule has 2 N–H and O–H groups in total. The summed E-state index contributed by atoms with van der Waals surface area (Å²) in [6.45, 7) is 1.53. The highest BCUT2D eigenvalue weighted by Gasteiger charge is 2.48. The Labute approximate surface area is 210 Å². The lowest BCUT2D eigenvalue weighted by Gasteiger charge is -2.53. The molecule has 8 nitrogen and oxygen atoms in total.